The number of thioether (sulfide) groups is 1. The third-order valence-corrected chi connectivity index (χ3v) is 6.31. The van der Waals surface area contributed by atoms with Crippen LogP contribution in [0.5, 0.6) is 5.75 Å². The summed E-state index contributed by atoms with van der Waals surface area (Å²) in [6.45, 7) is 0.201. The summed E-state index contributed by atoms with van der Waals surface area (Å²) < 4.78 is 6.71. The minimum Gasteiger partial charge on any atom is -0.488 e. The van der Waals surface area contributed by atoms with Crippen LogP contribution in [-0.4, -0.2) is 22.2 Å². The van der Waals surface area contributed by atoms with Gasteiger partial charge < -0.3 is 9.84 Å². The summed E-state index contributed by atoms with van der Waals surface area (Å²) in [4.78, 5) is 37.9. The van der Waals surface area contributed by atoms with Crippen molar-refractivity contribution in [3.05, 3.63) is 97.8 Å². The van der Waals surface area contributed by atoms with Gasteiger partial charge in [-0.1, -0.05) is 45.7 Å². The number of carbonyl (C=O) groups is 3. The van der Waals surface area contributed by atoms with Gasteiger partial charge in [0.1, 0.15) is 12.4 Å². The fourth-order valence-electron chi connectivity index (χ4n) is 3.11. The van der Waals surface area contributed by atoms with E-state index in [-0.39, 0.29) is 17.1 Å². The summed E-state index contributed by atoms with van der Waals surface area (Å²) in [7, 11) is 0. The van der Waals surface area contributed by atoms with Crippen LogP contribution in [0.25, 0.3) is 6.08 Å². The molecule has 0 bridgehead atoms. The Bertz CT molecular complexity index is 1290. The largest absolute Gasteiger partial charge is 0.488 e. The molecule has 0 unspecified atom stereocenters. The molecule has 3 aromatic rings. The lowest BCUT2D eigenvalue weighted by Gasteiger charge is -2.13. The van der Waals surface area contributed by atoms with Crippen LogP contribution in [0.3, 0.4) is 0 Å². The van der Waals surface area contributed by atoms with Gasteiger partial charge in [-0.2, -0.15) is 0 Å². The van der Waals surface area contributed by atoms with E-state index >= 15 is 0 Å². The molecule has 1 heterocycles. The number of carbonyl (C=O) groups excluding carboxylic acids is 2. The van der Waals surface area contributed by atoms with Gasteiger partial charge >= 0.3 is 5.97 Å². The maximum Gasteiger partial charge on any atom is 0.335 e. The van der Waals surface area contributed by atoms with Crippen molar-refractivity contribution >= 4 is 68.2 Å². The highest BCUT2D eigenvalue weighted by Gasteiger charge is 2.36. The normalized spacial score (nSPS) is 14.7. The first-order valence-corrected chi connectivity index (χ1v) is 11.6. The van der Waals surface area contributed by atoms with Crippen LogP contribution < -0.4 is 9.64 Å². The van der Waals surface area contributed by atoms with Crippen LogP contribution in [0.4, 0.5) is 10.5 Å². The van der Waals surface area contributed by atoms with Gasteiger partial charge in [0.25, 0.3) is 11.1 Å². The molecule has 1 aliphatic rings. The molecular formula is C24H15BrClNO5S. The van der Waals surface area contributed by atoms with Crippen LogP contribution in [0.15, 0.2) is 76.1 Å². The molecule has 33 heavy (non-hydrogen) atoms. The topological polar surface area (TPSA) is 83.9 Å². The Hall–Kier alpha value is -3.07. The van der Waals surface area contributed by atoms with Crippen molar-refractivity contribution in [2.24, 2.45) is 0 Å². The summed E-state index contributed by atoms with van der Waals surface area (Å²) in [5.41, 5.74) is 2.00. The lowest BCUT2D eigenvalue weighted by Crippen LogP contribution is -2.27. The number of amides is 2. The van der Waals surface area contributed by atoms with E-state index in [0.29, 0.717) is 22.0 Å². The Kier molecular flexibility index (Phi) is 6.88. The number of ether oxygens (including phenoxy) is 1. The zero-order valence-corrected chi connectivity index (χ0v) is 20.0. The molecule has 0 saturated carbocycles. The Balaban J connectivity index is 1.58. The van der Waals surface area contributed by atoms with Gasteiger partial charge in [-0.05, 0) is 71.9 Å². The summed E-state index contributed by atoms with van der Waals surface area (Å²) in [5.74, 6) is -0.929. The van der Waals surface area contributed by atoms with E-state index in [1.165, 1.54) is 12.1 Å². The van der Waals surface area contributed by atoms with Crippen LogP contribution in [0.2, 0.25) is 5.02 Å². The molecule has 1 saturated heterocycles. The van der Waals surface area contributed by atoms with E-state index in [9.17, 15) is 14.4 Å². The van der Waals surface area contributed by atoms with E-state index < -0.39 is 17.1 Å². The lowest BCUT2D eigenvalue weighted by molar-refractivity contribution is -0.113. The average Bonchev–Trinajstić information content (AvgIpc) is 3.06. The van der Waals surface area contributed by atoms with Crippen LogP contribution in [-0.2, 0) is 11.4 Å². The molecule has 1 fully saturated rings. The predicted octanol–water partition coefficient (Wildman–Crippen LogP) is 6.62. The lowest BCUT2D eigenvalue weighted by atomic mass is 10.1. The van der Waals surface area contributed by atoms with Crippen molar-refractivity contribution in [1.29, 1.82) is 0 Å². The van der Waals surface area contributed by atoms with Crippen LogP contribution >= 0.6 is 39.3 Å². The predicted molar refractivity (Wildman–Crippen MR) is 132 cm³/mol. The molecule has 1 aliphatic heterocycles. The fraction of sp³-hybridized carbons (Fsp3) is 0.0417. The number of halogens is 2. The minimum atomic E-state index is -0.996. The standard InChI is InChI=1S/C24H15BrClNO5S/c25-17-8-9-20(32-13-14-4-6-15(7-5-14)23(29)30)16(10-17)11-21-22(28)27(24(31)33-21)19-3-1-2-18(26)12-19/h1-12H,13H2,(H,29,30)/b21-11+. The molecule has 6 nitrogen and oxygen atoms in total. The fourth-order valence-corrected chi connectivity index (χ4v) is 4.51. The number of rotatable bonds is 6. The van der Waals surface area contributed by atoms with Crippen molar-refractivity contribution < 1.29 is 24.2 Å². The van der Waals surface area contributed by atoms with Gasteiger partial charge in [0, 0.05) is 15.1 Å². The van der Waals surface area contributed by atoms with Crippen molar-refractivity contribution in [1.82, 2.24) is 0 Å². The second-order valence-electron chi connectivity index (χ2n) is 6.97. The third-order valence-electron chi connectivity index (χ3n) is 4.71. The van der Waals surface area contributed by atoms with Gasteiger partial charge in [0.15, 0.2) is 0 Å². The molecule has 0 spiro atoms. The third kappa shape index (κ3) is 5.30. The number of benzene rings is 3. The summed E-state index contributed by atoms with van der Waals surface area (Å²) in [6.07, 6.45) is 1.61. The highest BCUT2D eigenvalue weighted by atomic mass is 79.9. The Labute approximate surface area is 206 Å². The summed E-state index contributed by atoms with van der Waals surface area (Å²) >= 11 is 10.3. The van der Waals surface area contributed by atoms with Gasteiger partial charge in [0.2, 0.25) is 0 Å². The zero-order valence-electron chi connectivity index (χ0n) is 16.8. The molecule has 1 N–H and O–H groups in total. The van der Waals surface area contributed by atoms with Gasteiger partial charge in [-0.3, -0.25) is 9.59 Å². The summed E-state index contributed by atoms with van der Waals surface area (Å²) in [6, 6.07) is 18.3. The SMILES string of the molecule is O=C(O)c1ccc(COc2ccc(Br)cc2/C=C2/SC(=O)N(c3cccc(Cl)c3)C2=O)cc1. The van der Waals surface area contributed by atoms with Gasteiger partial charge in [-0.15, -0.1) is 0 Å². The number of carboxylic acids is 1. The van der Waals surface area contributed by atoms with Gasteiger partial charge in [0.05, 0.1) is 16.2 Å². The Morgan fingerprint density at radius 3 is 2.55 bits per heavy atom. The molecule has 4 rings (SSSR count). The first-order valence-electron chi connectivity index (χ1n) is 9.60. The van der Waals surface area contributed by atoms with E-state index in [1.54, 1.807) is 60.7 Å². The monoisotopic (exact) mass is 543 g/mol. The first kappa shape index (κ1) is 23.1. The molecule has 0 aromatic heterocycles. The summed E-state index contributed by atoms with van der Waals surface area (Å²) in [5, 5.41) is 9.03. The minimum absolute atomic E-state index is 0.193. The number of carboxylic acid groups (broad SMARTS) is 1. The number of hydrogen-bond acceptors (Lipinski definition) is 5. The molecule has 0 aliphatic carbocycles. The van der Waals surface area contributed by atoms with Crippen molar-refractivity contribution in [3.63, 3.8) is 0 Å². The second-order valence-corrected chi connectivity index (χ2v) is 9.32. The van der Waals surface area contributed by atoms with E-state index in [4.69, 9.17) is 21.4 Å². The van der Waals surface area contributed by atoms with Crippen molar-refractivity contribution in [2.45, 2.75) is 6.61 Å². The Morgan fingerprint density at radius 1 is 1.09 bits per heavy atom. The molecule has 0 atom stereocenters. The maximum absolute atomic E-state index is 13.0. The Morgan fingerprint density at radius 2 is 1.85 bits per heavy atom. The molecule has 3 aromatic carbocycles. The maximum atomic E-state index is 13.0. The van der Waals surface area contributed by atoms with Crippen molar-refractivity contribution in [3.8, 4) is 5.75 Å². The van der Waals surface area contributed by atoms with E-state index in [0.717, 1.165) is 26.7 Å². The number of anilines is 1. The van der Waals surface area contributed by atoms with Crippen molar-refractivity contribution in [2.75, 3.05) is 4.90 Å². The quantitative estimate of drug-likeness (QED) is 0.351. The zero-order chi connectivity index (χ0) is 23.5. The van der Waals surface area contributed by atoms with Crippen LogP contribution in [0.1, 0.15) is 21.5 Å². The molecule has 9 heteroatoms. The molecule has 0 radical (unpaired) electrons. The van der Waals surface area contributed by atoms with Crippen LogP contribution in [0, 0.1) is 0 Å². The van der Waals surface area contributed by atoms with E-state index in [2.05, 4.69) is 15.9 Å². The van der Waals surface area contributed by atoms with E-state index in [1.807, 2.05) is 0 Å². The average molecular weight is 545 g/mol. The molecule has 166 valence electrons. The number of nitrogens with zero attached hydrogens (tertiary/aromatic N) is 1. The smallest absolute Gasteiger partial charge is 0.335 e. The number of aromatic carboxylic acids is 1. The highest BCUT2D eigenvalue weighted by molar-refractivity contribution is 9.10. The molecule has 2 amide bonds. The first-order chi connectivity index (χ1) is 15.8. The highest BCUT2D eigenvalue weighted by Crippen LogP contribution is 2.38. The number of imide groups is 1. The number of hydrogen-bond donors (Lipinski definition) is 1. The second kappa shape index (κ2) is 9.82. The van der Waals surface area contributed by atoms with Gasteiger partial charge in [-0.25, -0.2) is 9.69 Å². The molecular weight excluding hydrogens is 530 g/mol.